The Morgan fingerprint density at radius 2 is 2.11 bits per heavy atom. The number of rotatable bonds is 2. The predicted molar refractivity (Wildman–Crippen MR) is 77.8 cm³/mol. The van der Waals surface area contributed by atoms with Crippen LogP contribution in [-0.2, 0) is 5.60 Å². The van der Waals surface area contributed by atoms with Crippen molar-refractivity contribution in [2.24, 2.45) is 0 Å². The van der Waals surface area contributed by atoms with E-state index in [0.29, 0.717) is 11.9 Å². The van der Waals surface area contributed by atoms with Crippen molar-refractivity contribution < 1.29 is 5.11 Å². The van der Waals surface area contributed by atoms with Crippen LogP contribution in [-0.4, -0.2) is 34.1 Å². The highest BCUT2D eigenvalue weighted by Gasteiger charge is 2.34. The van der Waals surface area contributed by atoms with Crippen molar-refractivity contribution >= 4 is 5.82 Å². The topological polar surface area (TPSA) is 62.4 Å². The first-order valence-corrected chi connectivity index (χ1v) is 7.11. The molecule has 1 fully saturated rings. The molecule has 1 aliphatic rings. The Balaban J connectivity index is 2.25. The fourth-order valence-electron chi connectivity index (χ4n) is 2.88. The van der Waals surface area contributed by atoms with Crippen LogP contribution in [0.5, 0.6) is 0 Å². The highest BCUT2D eigenvalue weighted by molar-refractivity contribution is 5.44. The van der Waals surface area contributed by atoms with Gasteiger partial charge in [-0.1, -0.05) is 0 Å². The largest absolute Gasteiger partial charge is 0.385 e. The van der Waals surface area contributed by atoms with Gasteiger partial charge in [0.1, 0.15) is 5.82 Å². The van der Waals surface area contributed by atoms with Gasteiger partial charge in [0.15, 0.2) is 0 Å². The zero-order valence-corrected chi connectivity index (χ0v) is 12.2. The van der Waals surface area contributed by atoms with Crippen LogP contribution in [0.3, 0.4) is 0 Å². The number of aliphatic hydroxyl groups is 1. The summed E-state index contributed by atoms with van der Waals surface area (Å²) < 4.78 is 0. The van der Waals surface area contributed by atoms with Crippen molar-refractivity contribution in [1.82, 2.24) is 9.88 Å². The average Bonchev–Trinajstić information content (AvgIpc) is 2.55. The number of hydrogen-bond donors (Lipinski definition) is 2. The predicted octanol–water partition coefficient (Wildman–Crippen LogP) is 2.05. The number of nitrogens with two attached hydrogens (primary N) is 1. The lowest BCUT2D eigenvalue weighted by Gasteiger charge is -2.29. The van der Waals surface area contributed by atoms with Crippen LogP contribution >= 0.6 is 0 Å². The zero-order chi connectivity index (χ0) is 14.0. The molecule has 0 amide bonds. The highest BCUT2D eigenvalue weighted by atomic mass is 16.3. The molecule has 1 saturated heterocycles. The molecule has 106 valence electrons. The quantitative estimate of drug-likeness (QED) is 0.857. The minimum Gasteiger partial charge on any atom is -0.385 e. The smallest absolute Gasteiger partial charge is 0.129 e. The Hall–Kier alpha value is -1.13. The Bertz CT molecular complexity index is 447. The lowest BCUT2D eigenvalue weighted by atomic mass is 9.86. The van der Waals surface area contributed by atoms with Gasteiger partial charge in [-0.25, -0.2) is 4.98 Å². The van der Waals surface area contributed by atoms with Gasteiger partial charge in [-0.2, -0.15) is 0 Å². The molecule has 4 heteroatoms. The van der Waals surface area contributed by atoms with Crippen molar-refractivity contribution in [3.63, 3.8) is 0 Å². The molecule has 3 N–H and O–H groups in total. The summed E-state index contributed by atoms with van der Waals surface area (Å²) in [7, 11) is 0. The van der Waals surface area contributed by atoms with Crippen LogP contribution in [0.2, 0.25) is 0 Å². The normalized spacial score (nSPS) is 25.5. The van der Waals surface area contributed by atoms with Gasteiger partial charge in [0.05, 0.1) is 5.60 Å². The minimum absolute atomic E-state index is 0.464. The third kappa shape index (κ3) is 3.07. The first-order chi connectivity index (χ1) is 8.92. The average molecular weight is 263 g/mol. The minimum atomic E-state index is -0.827. The van der Waals surface area contributed by atoms with Crippen molar-refractivity contribution in [3.8, 4) is 0 Å². The number of nitrogens with zero attached hydrogens (tertiary/aromatic N) is 2. The summed E-state index contributed by atoms with van der Waals surface area (Å²) in [4.78, 5) is 6.60. The molecule has 1 aromatic heterocycles. The lowest BCUT2D eigenvalue weighted by Crippen LogP contribution is -2.33. The molecule has 4 nitrogen and oxygen atoms in total. The summed E-state index contributed by atoms with van der Waals surface area (Å²) in [6.45, 7) is 8.33. The maximum atomic E-state index is 11.0. The van der Waals surface area contributed by atoms with Gasteiger partial charge in [0, 0.05) is 24.3 Å². The van der Waals surface area contributed by atoms with Crippen molar-refractivity contribution in [2.45, 2.75) is 51.7 Å². The molecule has 0 aromatic carbocycles. The third-order valence-electron chi connectivity index (χ3n) is 4.14. The number of aryl methyl sites for hydroxylation is 1. The SMILES string of the molecule is Cc1cnc(N)c(C2(O)CCCN(C(C)C)CC2)c1. The third-order valence-corrected chi connectivity index (χ3v) is 4.14. The van der Waals surface area contributed by atoms with Crippen molar-refractivity contribution in [2.75, 3.05) is 18.8 Å². The Kier molecular flexibility index (Phi) is 4.11. The van der Waals surface area contributed by atoms with Gasteiger partial charge in [0.2, 0.25) is 0 Å². The summed E-state index contributed by atoms with van der Waals surface area (Å²) in [5.41, 5.74) is 6.99. The van der Waals surface area contributed by atoms with Crippen molar-refractivity contribution in [3.05, 3.63) is 23.4 Å². The van der Waals surface area contributed by atoms with Crippen LogP contribution in [0.1, 0.15) is 44.2 Å². The number of nitrogen functional groups attached to an aromatic ring is 1. The second-order valence-electron chi connectivity index (χ2n) is 5.96. The molecule has 1 unspecified atom stereocenters. The highest BCUT2D eigenvalue weighted by Crippen LogP contribution is 2.35. The van der Waals surface area contributed by atoms with E-state index < -0.39 is 5.60 Å². The van der Waals surface area contributed by atoms with E-state index in [-0.39, 0.29) is 0 Å². The first-order valence-electron chi connectivity index (χ1n) is 7.11. The van der Waals surface area contributed by atoms with Gasteiger partial charge in [-0.3, -0.25) is 0 Å². The Labute approximate surface area is 115 Å². The summed E-state index contributed by atoms with van der Waals surface area (Å²) in [5.74, 6) is 0.464. The molecule has 0 radical (unpaired) electrons. The lowest BCUT2D eigenvalue weighted by molar-refractivity contribution is 0.0208. The van der Waals surface area contributed by atoms with Gasteiger partial charge < -0.3 is 15.7 Å². The molecule has 0 saturated carbocycles. The molecule has 19 heavy (non-hydrogen) atoms. The van der Waals surface area contributed by atoms with Crippen LogP contribution in [0.25, 0.3) is 0 Å². The molecule has 0 bridgehead atoms. The second-order valence-corrected chi connectivity index (χ2v) is 5.96. The van der Waals surface area contributed by atoms with Crippen LogP contribution < -0.4 is 5.73 Å². The van der Waals surface area contributed by atoms with Gasteiger partial charge >= 0.3 is 0 Å². The van der Waals surface area contributed by atoms with E-state index >= 15 is 0 Å². The van der Waals surface area contributed by atoms with E-state index in [1.54, 1.807) is 6.20 Å². The maximum Gasteiger partial charge on any atom is 0.129 e. The monoisotopic (exact) mass is 263 g/mol. The summed E-state index contributed by atoms with van der Waals surface area (Å²) in [6.07, 6.45) is 4.22. The molecule has 1 aliphatic heterocycles. The van der Waals surface area contributed by atoms with Crippen LogP contribution in [0.15, 0.2) is 12.3 Å². The van der Waals surface area contributed by atoms with Crippen LogP contribution in [0, 0.1) is 6.92 Å². The molecular formula is C15H25N3O. The molecule has 0 spiro atoms. The van der Waals surface area contributed by atoms with Gasteiger partial charge in [-0.15, -0.1) is 0 Å². The summed E-state index contributed by atoms with van der Waals surface area (Å²) in [6, 6.07) is 2.50. The van der Waals surface area contributed by atoms with E-state index in [0.717, 1.165) is 43.5 Å². The molecule has 1 aromatic rings. The number of anilines is 1. The number of hydrogen-bond acceptors (Lipinski definition) is 4. The zero-order valence-electron chi connectivity index (χ0n) is 12.2. The first kappa shape index (κ1) is 14.3. The second kappa shape index (κ2) is 5.47. The fourth-order valence-corrected chi connectivity index (χ4v) is 2.88. The summed E-state index contributed by atoms with van der Waals surface area (Å²) in [5, 5.41) is 11.0. The number of pyridine rings is 1. The van der Waals surface area contributed by atoms with E-state index in [4.69, 9.17) is 5.73 Å². The Morgan fingerprint density at radius 3 is 2.79 bits per heavy atom. The van der Waals surface area contributed by atoms with E-state index in [1.165, 1.54) is 0 Å². The molecular weight excluding hydrogens is 238 g/mol. The number of likely N-dealkylation sites (tertiary alicyclic amines) is 1. The standard InChI is InChI=1S/C15H25N3O/c1-11(2)18-7-4-5-15(19,6-8-18)13-9-12(3)10-17-14(13)16/h9-11,19H,4-8H2,1-3H3,(H2,16,17). The van der Waals surface area contributed by atoms with Crippen molar-refractivity contribution in [1.29, 1.82) is 0 Å². The van der Waals surface area contributed by atoms with Crippen LogP contribution in [0.4, 0.5) is 5.82 Å². The van der Waals surface area contributed by atoms with E-state index in [1.807, 2.05) is 13.0 Å². The van der Waals surface area contributed by atoms with E-state index in [9.17, 15) is 5.11 Å². The molecule has 2 rings (SSSR count). The van der Waals surface area contributed by atoms with Gasteiger partial charge in [-0.05, 0) is 58.2 Å². The summed E-state index contributed by atoms with van der Waals surface area (Å²) >= 11 is 0. The fraction of sp³-hybridized carbons (Fsp3) is 0.667. The maximum absolute atomic E-state index is 11.0. The molecule has 0 aliphatic carbocycles. The Morgan fingerprint density at radius 1 is 1.37 bits per heavy atom. The van der Waals surface area contributed by atoms with Gasteiger partial charge in [0.25, 0.3) is 0 Å². The molecule has 1 atom stereocenters. The molecule has 2 heterocycles. The van der Waals surface area contributed by atoms with E-state index in [2.05, 4.69) is 23.7 Å². The number of aromatic nitrogens is 1.